The number of nitrogens with one attached hydrogen (secondary N) is 1. The number of rotatable bonds is 4. The predicted octanol–water partition coefficient (Wildman–Crippen LogP) is 2.98. The fourth-order valence-corrected chi connectivity index (χ4v) is 2.49. The molecular weight excluding hydrogens is 158 g/mol. The van der Waals surface area contributed by atoms with Crippen LogP contribution in [0.15, 0.2) is 12.2 Å². The smallest absolute Gasteiger partial charge is 0.00924 e. The zero-order valence-electron chi connectivity index (χ0n) is 9.27. The Hall–Kier alpha value is -0.300. The molecule has 13 heavy (non-hydrogen) atoms. The van der Waals surface area contributed by atoms with E-state index in [9.17, 15) is 0 Å². The van der Waals surface area contributed by atoms with E-state index in [1.165, 1.54) is 31.3 Å². The SMILES string of the molecule is C=C(C)CCC1CCC(NC)C1C. The van der Waals surface area contributed by atoms with Crippen LogP contribution in [0.1, 0.15) is 39.5 Å². The molecule has 0 bridgehead atoms. The quantitative estimate of drug-likeness (QED) is 0.657. The lowest BCUT2D eigenvalue weighted by atomic mass is 9.90. The number of hydrogen-bond donors (Lipinski definition) is 1. The second-order valence-electron chi connectivity index (χ2n) is 4.59. The Morgan fingerprint density at radius 3 is 2.62 bits per heavy atom. The first-order valence-electron chi connectivity index (χ1n) is 5.46. The van der Waals surface area contributed by atoms with Crippen LogP contribution in [-0.2, 0) is 0 Å². The van der Waals surface area contributed by atoms with Crippen LogP contribution in [0, 0.1) is 11.8 Å². The van der Waals surface area contributed by atoms with Crippen LogP contribution in [0.2, 0.25) is 0 Å². The standard InChI is InChI=1S/C12H23N/c1-9(2)5-6-11-7-8-12(13-4)10(11)3/h10-13H,1,5-8H2,2-4H3. The fraction of sp³-hybridized carbons (Fsp3) is 0.833. The third-order valence-corrected chi connectivity index (χ3v) is 3.54. The van der Waals surface area contributed by atoms with Crippen molar-refractivity contribution in [3.8, 4) is 0 Å². The molecule has 0 heterocycles. The molecule has 0 saturated heterocycles. The fourth-order valence-electron chi connectivity index (χ4n) is 2.49. The third-order valence-electron chi connectivity index (χ3n) is 3.54. The average molecular weight is 181 g/mol. The molecule has 1 aliphatic carbocycles. The summed E-state index contributed by atoms with van der Waals surface area (Å²) in [6, 6.07) is 0.759. The minimum absolute atomic E-state index is 0.759. The zero-order valence-corrected chi connectivity index (χ0v) is 9.27. The molecule has 1 aliphatic rings. The van der Waals surface area contributed by atoms with E-state index in [4.69, 9.17) is 0 Å². The van der Waals surface area contributed by atoms with Gasteiger partial charge in [-0.15, -0.1) is 6.58 Å². The maximum atomic E-state index is 3.96. The molecule has 1 saturated carbocycles. The molecule has 0 aromatic carbocycles. The van der Waals surface area contributed by atoms with Gasteiger partial charge in [-0.25, -0.2) is 0 Å². The van der Waals surface area contributed by atoms with Crippen LogP contribution in [-0.4, -0.2) is 13.1 Å². The van der Waals surface area contributed by atoms with Gasteiger partial charge >= 0.3 is 0 Å². The first kappa shape index (κ1) is 10.8. The van der Waals surface area contributed by atoms with E-state index < -0.39 is 0 Å². The highest BCUT2D eigenvalue weighted by molar-refractivity contribution is 4.92. The molecular formula is C12H23N. The summed E-state index contributed by atoms with van der Waals surface area (Å²) in [4.78, 5) is 0. The maximum Gasteiger partial charge on any atom is 0.00924 e. The van der Waals surface area contributed by atoms with Gasteiger partial charge in [0.05, 0.1) is 0 Å². The summed E-state index contributed by atoms with van der Waals surface area (Å²) in [5, 5.41) is 3.41. The molecule has 0 aliphatic heterocycles. The van der Waals surface area contributed by atoms with Gasteiger partial charge in [-0.2, -0.15) is 0 Å². The normalized spacial score (nSPS) is 33.6. The predicted molar refractivity (Wildman–Crippen MR) is 58.8 cm³/mol. The van der Waals surface area contributed by atoms with Gasteiger partial charge in [0.25, 0.3) is 0 Å². The van der Waals surface area contributed by atoms with E-state index in [0.29, 0.717) is 0 Å². The zero-order chi connectivity index (χ0) is 9.84. The van der Waals surface area contributed by atoms with Gasteiger partial charge in [-0.3, -0.25) is 0 Å². The van der Waals surface area contributed by atoms with Crippen molar-refractivity contribution in [3.63, 3.8) is 0 Å². The minimum Gasteiger partial charge on any atom is -0.317 e. The van der Waals surface area contributed by atoms with Crippen molar-refractivity contribution in [3.05, 3.63) is 12.2 Å². The molecule has 0 aromatic rings. The molecule has 1 nitrogen and oxygen atoms in total. The summed E-state index contributed by atoms with van der Waals surface area (Å²) in [5.74, 6) is 1.78. The lowest BCUT2D eigenvalue weighted by Gasteiger charge is -2.20. The summed E-state index contributed by atoms with van der Waals surface area (Å²) in [6.45, 7) is 8.48. The van der Waals surface area contributed by atoms with Gasteiger partial charge in [0.15, 0.2) is 0 Å². The van der Waals surface area contributed by atoms with Crippen molar-refractivity contribution in [2.45, 2.75) is 45.6 Å². The Morgan fingerprint density at radius 2 is 2.15 bits per heavy atom. The van der Waals surface area contributed by atoms with Crippen molar-refractivity contribution >= 4 is 0 Å². The Morgan fingerprint density at radius 1 is 1.46 bits per heavy atom. The van der Waals surface area contributed by atoms with E-state index in [0.717, 1.165) is 17.9 Å². The van der Waals surface area contributed by atoms with Crippen molar-refractivity contribution in [2.75, 3.05) is 7.05 Å². The van der Waals surface area contributed by atoms with Crippen LogP contribution in [0.3, 0.4) is 0 Å². The van der Waals surface area contributed by atoms with Crippen molar-refractivity contribution in [1.29, 1.82) is 0 Å². The van der Waals surface area contributed by atoms with E-state index >= 15 is 0 Å². The number of hydrogen-bond acceptors (Lipinski definition) is 1. The molecule has 76 valence electrons. The monoisotopic (exact) mass is 181 g/mol. The van der Waals surface area contributed by atoms with Gasteiger partial charge in [0.2, 0.25) is 0 Å². The first-order chi connectivity index (χ1) is 6.15. The Kier molecular flexibility index (Phi) is 3.98. The molecule has 0 aromatic heterocycles. The molecule has 1 heteroatoms. The Labute approximate surface area is 82.6 Å². The van der Waals surface area contributed by atoms with E-state index in [1.807, 2.05) is 0 Å². The van der Waals surface area contributed by atoms with Gasteiger partial charge in [-0.05, 0) is 51.5 Å². The van der Waals surface area contributed by atoms with Gasteiger partial charge in [0, 0.05) is 6.04 Å². The van der Waals surface area contributed by atoms with Crippen LogP contribution < -0.4 is 5.32 Å². The molecule has 1 rings (SSSR count). The van der Waals surface area contributed by atoms with Crippen molar-refractivity contribution in [1.82, 2.24) is 5.32 Å². The van der Waals surface area contributed by atoms with Crippen LogP contribution in [0.4, 0.5) is 0 Å². The lowest BCUT2D eigenvalue weighted by Crippen LogP contribution is -2.29. The molecule has 0 amide bonds. The highest BCUT2D eigenvalue weighted by Crippen LogP contribution is 2.35. The molecule has 1 N–H and O–H groups in total. The molecule has 0 radical (unpaired) electrons. The highest BCUT2D eigenvalue weighted by atomic mass is 14.9. The van der Waals surface area contributed by atoms with E-state index in [1.54, 1.807) is 0 Å². The van der Waals surface area contributed by atoms with Gasteiger partial charge in [-0.1, -0.05) is 12.5 Å². The number of allylic oxidation sites excluding steroid dienone is 1. The second kappa shape index (κ2) is 4.80. The van der Waals surface area contributed by atoms with Crippen LogP contribution >= 0.6 is 0 Å². The topological polar surface area (TPSA) is 12.0 Å². The summed E-state index contributed by atoms with van der Waals surface area (Å²) in [7, 11) is 2.09. The summed E-state index contributed by atoms with van der Waals surface area (Å²) < 4.78 is 0. The lowest BCUT2D eigenvalue weighted by molar-refractivity contribution is 0.348. The van der Waals surface area contributed by atoms with Crippen molar-refractivity contribution in [2.24, 2.45) is 11.8 Å². The average Bonchev–Trinajstić information content (AvgIpc) is 2.43. The van der Waals surface area contributed by atoms with Crippen molar-refractivity contribution < 1.29 is 0 Å². The Balaban J connectivity index is 2.32. The summed E-state index contributed by atoms with van der Waals surface area (Å²) >= 11 is 0. The molecule has 1 fully saturated rings. The largest absolute Gasteiger partial charge is 0.317 e. The second-order valence-corrected chi connectivity index (χ2v) is 4.59. The molecule has 3 atom stereocenters. The Bertz CT molecular complexity index is 174. The van der Waals surface area contributed by atoms with Gasteiger partial charge in [0.1, 0.15) is 0 Å². The van der Waals surface area contributed by atoms with Crippen LogP contribution in [0.25, 0.3) is 0 Å². The highest BCUT2D eigenvalue weighted by Gasteiger charge is 2.30. The summed E-state index contributed by atoms with van der Waals surface area (Å²) in [5.41, 5.74) is 1.33. The van der Waals surface area contributed by atoms with Gasteiger partial charge < -0.3 is 5.32 Å². The van der Waals surface area contributed by atoms with Crippen LogP contribution in [0.5, 0.6) is 0 Å². The third kappa shape index (κ3) is 2.84. The first-order valence-corrected chi connectivity index (χ1v) is 5.46. The van der Waals surface area contributed by atoms with E-state index in [-0.39, 0.29) is 0 Å². The minimum atomic E-state index is 0.759. The summed E-state index contributed by atoms with van der Waals surface area (Å²) in [6.07, 6.45) is 5.32. The maximum absolute atomic E-state index is 3.96. The van der Waals surface area contributed by atoms with E-state index in [2.05, 4.69) is 32.8 Å². The molecule has 0 spiro atoms. The molecule has 3 unspecified atom stereocenters.